The quantitative estimate of drug-likeness (QED) is 0.829. The highest BCUT2D eigenvalue weighted by molar-refractivity contribution is 6.03. The summed E-state index contributed by atoms with van der Waals surface area (Å²) in [5, 5.41) is 5.57. The molecule has 1 amide bonds. The van der Waals surface area contributed by atoms with Gasteiger partial charge >= 0.3 is 0 Å². The number of amides is 1. The van der Waals surface area contributed by atoms with Gasteiger partial charge in [0.2, 0.25) is 5.91 Å². The van der Waals surface area contributed by atoms with Gasteiger partial charge in [-0.15, -0.1) is 0 Å². The molecule has 0 aliphatic carbocycles. The molecule has 2 aromatic rings. The van der Waals surface area contributed by atoms with Gasteiger partial charge in [0.05, 0.1) is 18.3 Å². The van der Waals surface area contributed by atoms with Gasteiger partial charge in [0.1, 0.15) is 17.4 Å². The summed E-state index contributed by atoms with van der Waals surface area (Å²) in [4.78, 5) is 26.4. The highest BCUT2D eigenvalue weighted by Crippen LogP contribution is 2.16. The second-order valence-electron chi connectivity index (χ2n) is 4.49. The highest BCUT2D eigenvalue weighted by atomic mass is 19.1. The van der Waals surface area contributed by atoms with Crippen LogP contribution in [0.15, 0.2) is 42.6 Å². The number of nitrogens with one attached hydrogen (secondary N) is 2. The average Bonchev–Trinajstić information content (AvgIpc) is 2.42. The maximum Gasteiger partial charge on any atom is 0.231 e. The van der Waals surface area contributed by atoms with Gasteiger partial charge < -0.3 is 10.6 Å². The summed E-state index contributed by atoms with van der Waals surface area (Å²) in [5.41, 5.74) is 1.21. The Labute approximate surface area is 121 Å². The molecule has 6 heteroatoms. The second kappa shape index (κ2) is 6.60. The number of rotatable bonds is 5. The minimum absolute atomic E-state index is 0.157. The lowest BCUT2D eigenvalue weighted by Gasteiger charge is -2.07. The van der Waals surface area contributed by atoms with Crippen LogP contribution in [0.25, 0.3) is 0 Å². The van der Waals surface area contributed by atoms with Crippen molar-refractivity contribution < 1.29 is 14.0 Å². The topological polar surface area (TPSA) is 71.1 Å². The molecule has 0 unspecified atom stereocenters. The molecule has 1 aromatic heterocycles. The second-order valence-corrected chi connectivity index (χ2v) is 4.49. The van der Waals surface area contributed by atoms with Gasteiger partial charge in [-0.05, 0) is 43.3 Å². The van der Waals surface area contributed by atoms with Crippen LogP contribution in [0.4, 0.5) is 21.6 Å². The Bertz CT molecular complexity index is 639. The first-order chi connectivity index (χ1) is 10.0. The molecule has 1 aromatic carbocycles. The van der Waals surface area contributed by atoms with E-state index in [2.05, 4.69) is 15.6 Å². The van der Waals surface area contributed by atoms with Gasteiger partial charge in [-0.2, -0.15) is 0 Å². The molecule has 1 heterocycles. The van der Waals surface area contributed by atoms with Gasteiger partial charge in [-0.25, -0.2) is 9.37 Å². The number of hydrogen-bond acceptors (Lipinski definition) is 4. The number of halogens is 1. The molecule has 0 fully saturated rings. The van der Waals surface area contributed by atoms with Crippen LogP contribution in [0, 0.1) is 5.82 Å². The third-order valence-electron chi connectivity index (χ3n) is 2.57. The van der Waals surface area contributed by atoms with Gasteiger partial charge in [0.25, 0.3) is 0 Å². The Morgan fingerprint density at radius 1 is 1.10 bits per heavy atom. The number of pyridine rings is 1. The van der Waals surface area contributed by atoms with Crippen LogP contribution in [0.2, 0.25) is 0 Å². The number of hydrogen-bond donors (Lipinski definition) is 2. The first kappa shape index (κ1) is 14.6. The molecule has 0 aliphatic rings. The van der Waals surface area contributed by atoms with Gasteiger partial charge in [0.15, 0.2) is 0 Å². The van der Waals surface area contributed by atoms with Crippen molar-refractivity contribution in [3.05, 3.63) is 48.4 Å². The molecule has 0 bridgehead atoms. The van der Waals surface area contributed by atoms with Crippen LogP contribution in [-0.2, 0) is 9.59 Å². The van der Waals surface area contributed by atoms with Crippen LogP contribution < -0.4 is 10.6 Å². The minimum Gasteiger partial charge on any atom is -0.340 e. The predicted octanol–water partition coefficient (Wildman–Crippen LogP) is 2.88. The van der Waals surface area contributed by atoms with Crippen molar-refractivity contribution >= 4 is 28.9 Å². The van der Waals surface area contributed by atoms with E-state index >= 15 is 0 Å². The van der Waals surface area contributed by atoms with Crippen LogP contribution in [0.3, 0.4) is 0 Å². The monoisotopic (exact) mass is 287 g/mol. The fourth-order valence-corrected chi connectivity index (χ4v) is 1.65. The average molecular weight is 287 g/mol. The molecule has 2 N–H and O–H groups in total. The van der Waals surface area contributed by atoms with E-state index in [0.29, 0.717) is 17.2 Å². The summed E-state index contributed by atoms with van der Waals surface area (Å²) < 4.78 is 12.8. The van der Waals surface area contributed by atoms with Crippen LogP contribution in [0.1, 0.15) is 13.3 Å². The summed E-state index contributed by atoms with van der Waals surface area (Å²) >= 11 is 0. The van der Waals surface area contributed by atoms with E-state index in [-0.39, 0.29) is 23.9 Å². The van der Waals surface area contributed by atoms with Crippen LogP contribution >= 0.6 is 0 Å². The van der Waals surface area contributed by atoms with E-state index in [1.54, 1.807) is 24.3 Å². The number of ketones is 1. The zero-order chi connectivity index (χ0) is 15.2. The maximum atomic E-state index is 12.8. The molecular formula is C15H14FN3O2. The first-order valence-corrected chi connectivity index (χ1v) is 6.31. The number of benzene rings is 1. The van der Waals surface area contributed by atoms with E-state index in [1.165, 1.54) is 25.3 Å². The first-order valence-electron chi connectivity index (χ1n) is 6.31. The number of carbonyl (C=O) groups is 2. The molecule has 0 aliphatic heterocycles. The highest BCUT2D eigenvalue weighted by Gasteiger charge is 2.05. The molecule has 0 saturated carbocycles. The summed E-state index contributed by atoms with van der Waals surface area (Å²) in [6, 6.07) is 9.22. The molecule has 0 radical (unpaired) electrons. The maximum absolute atomic E-state index is 12.8. The fraction of sp³-hybridized carbons (Fsp3) is 0.133. The molecule has 0 spiro atoms. The van der Waals surface area contributed by atoms with E-state index in [4.69, 9.17) is 0 Å². The Kier molecular flexibility index (Phi) is 4.61. The van der Waals surface area contributed by atoms with E-state index in [0.717, 1.165) is 0 Å². The number of nitrogens with zero attached hydrogens (tertiary/aromatic N) is 1. The van der Waals surface area contributed by atoms with Crippen molar-refractivity contribution in [3.8, 4) is 0 Å². The lowest BCUT2D eigenvalue weighted by atomic mass is 10.3. The van der Waals surface area contributed by atoms with Crippen molar-refractivity contribution in [3.63, 3.8) is 0 Å². The van der Waals surface area contributed by atoms with Crippen LogP contribution in [-0.4, -0.2) is 16.7 Å². The summed E-state index contributed by atoms with van der Waals surface area (Å²) in [7, 11) is 0. The number of Topliss-reactive ketones (excluding diaryl/α,β-unsaturated/α-hetero) is 1. The van der Waals surface area contributed by atoms with Gasteiger partial charge in [0, 0.05) is 5.69 Å². The standard InChI is InChI=1S/C15H14FN3O2/c1-10(20)8-15(21)19-13-6-7-14(17-9-13)18-12-4-2-11(16)3-5-12/h2-7,9H,8H2,1H3,(H,17,18)(H,19,21). The van der Waals surface area contributed by atoms with E-state index in [9.17, 15) is 14.0 Å². The largest absolute Gasteiger partial charge is 0.340 e. The summed E-state index contributed by atoms with van der Waals surface area (Å²) in [5.74, 6) is -0.318. The van der Waals surface area contributed by atoms with Crippen molar-refractivity contribution in [1.29, 1.82) is 0 Å². The number of anilines is 3. The SMILES string of the molecule is CC(=O)CC(=O)Nc1ccc(Nc2ccc(F)cc2)nc1. The summed E-state index contributed by atoms with van der Waals surface area (Å²) in [6.07, 6.45) is 1.32. The van der Waals surface area contributed by atoms with Gasteiger partial charge in [-0.3, -0.25) is 9.59 Å². The predicted molar refractivity (Wildman–Crippen MR) is 77.8 cm³/mol. The Morgan fingerprint density at radius 2 is 1.76 bits per heavy atom. The third kappa shape index (κ3) is 4.68. The van der Waals surface area contributed by atoms with Crippen molar-refractivity contribution in [2.24, 2.45) is 0 Å². The van der Waals surface area contributed by atoms with E-state index < -0.39 is 0 Å². The zero-order valence-electron chi connectivity index (χ0n) is 11.4. The molecule has 0 saturated heterocycles. The Hall–Kier alpha value is -2.76. The third-order valence-corrected chi connectivity index (χ3v) is 2.57. The molecular weight excluding hydrogens is 273 g/mol. The zero-order valence-corrected chi connectivity index (χ0v) is 11.4. The minimum atomic E-state index is -0.372. The lowest BCUT2D eigenvalue weighted by molar-refractivity contribution is -0.124. The molecule has 108 valence electrons. The van der Waals surface area contributed by atoms with E-state index in [1.807, 2.05) is 0 Å². The Morgan fingerprint density at radius 3 is 2.33 bits per heavy atom. The smallest absolute Gasteiger partial charge is 0.231 e. The van der Waals surface area contributed by atoms with Gasteiger partial charge in [-0.1, -0.05) is 0 Å². The lowest BCUT2D eigenvalue weighted by Crippen LogP contribution is -2.14. The number of carbonyl (C=O) groups excluding carboxylic acids is 2. The van der Waals surface area contributed by atoms with Crippen molar-refractivity contribution in [1.82, 2.24) is 4.98 Å². The van der Waals surface area contributed by atoms with Crippen molar-refractivity contribution in [2.45, 2.75) is 13.3 Å². The molecule has 2 rings (SSSR count). The normalized spacial score (nSPS) is 10.0. The van der Waals surface area contributed by atoms with Crippen LogP contribution in [0.5, 0.6) is 0 Å². The molecule has 0 atom stereocenters. The molecule has 21 heavy (non-hydrogen) atoms. The van der Waals surface area contributed by atoms with Crippen molar-refractivity contribution in [2.75, 3.05) is 10.6 Å². The summed E-state index contributed by atoms with van der Waals surface area (Å²) in [6.45, 7) is 1.35. The number of aromatic nitrogens is 1. The fourth-order valence-electron chi connectivity index (χ4n) is 1.65. The Balaban J connectivity index is 1.97. The molecule has 5 nitrogen and oxygen atoms in total.